The largest absolute Gasteiger partial charge is 0.281 e. The normalized spacial score (nSPS) is 16.7. The topological polar surface area (TPSA) is 72.3 Å². The molecule has 4 heterocycles. The summed E-state index contributed by atoms with van der Waals surface area (Å²) in [6.07, 6.45) is 17.5. The van der Waals surface area contributed by atoms with Crippen molar-refractivity contribution >= 4 is 12.2 Å². The minimum Gasteiger partial charge on any atom is -0.281 e. The number of aromatic amines is 1. The molecule has 0 spiro atoms. The van der Waals surface area contributed by atoms with E-state index in [-0.39, 0.29) is 23.0 Å². The summed E-state index contributed by atoms with van der Waals surface area (Å²) in [5.74, 6) is -0.191. The lowest BCUT2D eigenvalue weighted by molar-refractivity contribution is 0.606. The van der Waals surface area contributed by atoms with Crippen molar-refractivity contribution in [3.05, 3.63) is 221 Å². The van der Waals surface area contributed by atoms with Crippen molar-refractivity contribution in [1.82, 2.24) is 29.9 Å². The maximum absolute atomic E-state index is 13.6. The molecule has 4 aromatic carbocycles. The highest BCUT2D eigenvalue weighted by molar-refractivity contribution is 5.77. The van der Waals surface area contributed by atoms with Crippen LogP contribution in [0.5, 0.6) is 0 Å². The molecule has 0 fully saturated rings. The molecule has 0 bridgehead atoms. The number of benzene rings is 4. The first-order chi connectivity index (χ1) is 27.6. The van der Waals surface area contributed by atoms with Crippen molar-refractivity contribution < 1.29 is 8.78 Å². The Bertz CT molecular complexity index is 2640. The number of hydrogen-bond donors (Lipinski definition) is 1. The molecule has 0 saturated carbocycles. The molecule has 0 radical (unpaired) electrons. The van der Waals surface area contributed by atoms with Crippen LogP contribution in [0, 0.1) is 11.6 Å². The van der Waals surface area contributed by atoms with Crippen LogP contribution in [-0.2, 0) is 18.3 Å². The summed E-state index contributed by atoms with van der Waals surface area (Å²) < 4.78 is 29.0. The van der Waals surface area contributed by atoms with Crippen molar-refractivity contribution in [1.29, 1.82) is 0 Å². The number of halogens is 2. The lowest BCUT2D eigenvalue weighted by Crippen LogP contribution is -2.30. The summed E-state index contributed by atoms with van der Waals surface area (Å²) in [6.45, 7) is 0. The van der Waals surface area contributed by atoms with Gasteiger partial charge in [-0.2, -0.15) is 10.2 Å². The molecule has 10 rings (SSSR count). The highest BCUT2D eigenvalue weighted by Crippen LogP contribution is 2.43. The molecule has 56 heavy (non-hydrogen) atoms. The molecule has 2 aliphatic carbocycles. The highest BCUT2D eigenvalue weighted by Gasteiger charge is 2.36. The average molecular weight is 735 g/mol. The van der Waals surface area contributed by atoms with Gasteiger partial charge in [-0.25, -0.2) is 13.5 Å². The van der Waals surface area contributed by atoms with Crippen molar-refractivity contribution in [2.45, 2.75) is 24.2 Å². The average Bonchev–Trinajstić information content (AvgIpc) is 3.87. The van der Waals surface area contributed by atoms with E-state index in [2.05, 4.69) is 80.9 Å². The van der Waals surface area contributed by atoms with E-state index in [1.54, 1.807) is 30.7 Å². The first-order valence-electron chi connectivity index (χ1n) is 18.6. The number of H-pyrrole nitrogens is 1. The Kier molecular flexibility index (Phi) is 9.29. The van der Waals surface area contributed by atoms with Crippen LogP contribution in [0.4, 0.5) is 8.78 Å². The molecule has 1 N–H and O–H groups in total. The third-order valence-corrected chi connectivity index (χ3v) is 10.6. The van der Waals surface area contributed by atoms with Crippen molar-refractivity contribution in [2.75, 3.05) is 0 Å². The summed E-state index contributed by atoms with van der Waals surface area (Å²) in [5, 5.41) is 12.7. The molecular weight excluding hydrogens is 699 g/mol. The van der Waals surface area contributed by atoms with Gasteiger partial charge in [0.1, 0.15) is 23.0 Å². The summed E-state index contributed by atoms with van der Waals surface area (Å²) in [6, 6.07) is 42.0. The maximum Gasteiger partial charge on any atom is 0.123 e. The number of nitrogens with zero attached hydrogens (tertiary/aromatic N) is 5. The molecule has 0 saturated heterocycles. The molecule has 2 unspecified atom stereocenters. The maximum atomic E-state index is 13.6. The number of hydrogen-bond acceptors (Lipinski definition) is 4. The summed E-state index contributed by atoms with van der Waals surface area (Å²) in [5.41, 5.74) is 12.2. The lowest BCUT2D eigenvalue weighted by Gasteiger charge is -2.34. The first-order valence-corrected chi connectivity index (χ1v) is 18.6. The predicted octanol–water partition coefficient (Wildman–Crippen LogP) is 10.6. The third kappa shape index (κ3) is 6.66. The van der Waals surface area contributed by atoms with E-state index < -0.39 is 0 Å². The van der Waals surface area contributed by atoms with Gasteiger partial charge in [0.25, 0.3) is 0 Å². The fourth-order valence-electron chi connectivity index (χ4n) is 7.81. The first kappa shape index (κ1) is 34.7. The van der Waals surface area contributed by atoms with Crippen molar-refractivity contribution in [3.63, 3.8) is 0 Å². The number of rotatable bonds is 6. The third-order valence-electron chi connectivity index (χ3n) is 10.6. The molecular formula is C48H36F2N6. The summed E-state index contributed by atoms with van der Waals surface area (Å²) in [4.78, 5) is 8.32. The summed E-state index contributed by atoms with van der Waals surface area (Å²) >= 11 is 0. The molecule has 272 valence electrons. The van der Waals surface area contributed by atoms with Crippen molar-refractivity contribution in [2.24, 2.45) is 0 Å². The van der Waals surface area contributed by atoms with E-state index in [0.717, 1.165) is 69.1 Å². The monoisotopic (exact) mass is 734 g/mol. The van der Waals surface area contributed by atoms with Gasteiger partial charge in [0.15, 0.2) is 0 Å². The molecule has 4 aromatic heterocycles. The van der Waals surface area contributed by atoms with E-state index in [0.29, 0.717) is 0 Å². The molecule has 8 heteroatoms. The standard InChI is InChI=1S/2C24H18FN3/c25-20-10-8-19(9-11-20)24(18-6-2-1-3-7-18)13-12-21-22(15-24)27-28-23(21)17-5-4-14-26-16-17;25-20-7-9-21(10-8-20)28-23-16-19(17-4-2-1-3-5-17)6-11-22(23)24(27-28)18-12-14-26-15-13-18/h1-14,16H,15H2,(H,27,28);1-15,19H,16H2. The quantitative estimate of drug-likeness (QED) is 0.185. The zero-order chi connectivity index (χ0) is 37.9. The van der Waals surface area contributed by atoms with E-state index in [4.69, 9.17) is 5.10 Å². The number of pyridine rings is 2. The minimum absolute atomic E-state index is 0.229. The molecule has 2 atom stereocenters. The van der Waals surface area contributed by atoms with E-state index >= 15 is 0 Å². The molecule has 2 aliphatic rings. The van der Waals surface area contributed by atoms with Gasteiger partial charge in [-0.1, -0.05) is 97.1 Å². The van der Waals surface area contributed by atoms with Crippen LogP contribution in [0.3, 0.4) is 0 Å². The van der Waals surface area contributed by atoms with E-state index in [1.165, 1.54) is 35.4 Å². The second kappa shape index (κ2) is 15.0. The van der Waals surface area contributed by atoms with Crippen LogP contribution < -0.4 is 0 Å². The van der Waals surface area contributed by atoms with Gasteiger partial charge in [-0.3, -0.25) is 15.1 Å². The fraction of sp³-hybridized carbons (Fsp3) is 0.0833. The Balaban J connectivity index is 0.000000146. The van der Waals surface area contributed by atoms with Gasteiger partial charge in [-0.15, -0.1) is 0 Å². The lowest BCUT2D eigenvalue weighted by atomic mass is 9.68. The number of aromatic nitrogens is 6. The SMILES string of the molecule is Fc1ccc(-n2nc(-c3ccncc3)c3c2CC(c2ccccc2)C=C3)cc1.Fc1ccc(C2(c3ccccc3)C=Cc3c(-c4cccnc4)n[nH]c3C2)cc1. The Morgan fingerprint density at radius 1 is 0.625 bits per heavy atom. The molecule has 0 amide bonds. The van der Waals surface area contributed by atoms with Crippen LogP contribution in [0.2, 0.25) is 0 Å². The Morgan fingerprint density at radius 2 is 1.32 bits per heavy atom. The number of fused-ring (bicyclic) bond motifs is 2. The summed E-state index contributed by atoms with van der Waals surface area (Å²) in [7, 11) is 0. The van der Waals surface area contributed by atoms with Gasteiger partial charge in [0.05, 0.1) is 11.4 Å². The zero-order valence-electron chi connectivity index (χ0n) is 30.3. The molecule has 6 nitrogen and oxygen atoms in total. The smallest absolute Gasteiger partial charge is 0.123 e. The van der Waals surface area contributed by atoms with Crippen molar-refractivity contribution in [3.8, 4) is 28.2 Å². The molecule has 0 aliphatic heterocycles. The highest BCUT2D eigenvalue weighted by atomic mass is 19.1. The van der Waals surface area contributed by atoms with Gasteiger partial charge < -0.3 is 0 Å². The van der Waals surface area contributed by atoms with Gasteiger partial charge in [-0.05, 0) is 77.4 Å². The zero-order valence-corrected chi connectivity index (χ0v) is 30.3. The molecule has 8 aromatic rings. The second-order valence-electron chi connectivity index (χ2n) is 14.0. The van der Waals surface area contributed by atoms with Crippen LogP contribution in [0.1, 0.15) is 45.1 Å². The Morgan fingerprint density at radius 3 is 2.04 bits per heavy atom. The van der Waals surface area contributed by atoms with Crippen LogP contribution >= 0.6 is 0 Å². The minimum atomic E-state index is -0.374. The fourth-order valence-corrected chi connectivity index (χ4v) is 7.81. The van der Waals surface area contributed by atoms with E-state index in [1.807, 2.05) is 71.5 Å². The Labute approximate surface area is 323 Å². The Hall–Kier alpha value is -7.06. The number of allylic oxidation sites excluding steroid dienone is 2. The van der Waals surface area contributed by atoms with Gasteiger partial charge >= 0.3 is 0 Å². The van der Waals surface area contributed by atoms with Crippen LogP contribution in [-0.4, -0.2) is 29.9 Å². The predicted molar refractivity (Wildman–Crippen MR) is 217 cm³/mol. The van der Waals surface area contributed by atoms with Crippen LogP contribution in [0.15, 0.2) is 170 Å². The second-order valence-corrected chi connectivity index (χ2v) is 14.0. The van der Waals surface area contributed by atoms with Gasteiger partial charge in [0, 0.05) is 76.9 Å². The van der Waals surface area contributed by atoms with E-state index in [9.17, 15) is 8.78 Å². The number of nitrogens with one attached hydrogen (secondary N) is 1. The van der Waals surface area contributed by atoms with Gasteiger partial charge in [0.2, 0.25) is 0 Å². The van der Waals surface area contributed by atoms with Crippen LogP contribution in [0.25, 0.3) is 40.4 Å².